The topological polar surface area (TPSA) is 69.9 Å². The van der Waals surface area contributed by atoms with E-state index in [0.29, 0.717) is 34.3 Å². The van der Waals surface area contributed by atoms with Crippen molar-refractivity contribution in [3.05, 3.63) is 64.0 Å². The van der Waals surface area contributed by atoms with Gasteiger partial charge in [-0.3, -0.25) is 4.79 Å². The van der Waals surface area contributed by atoms with Gasteiger partial charge in [0.15, 0.2) is 4.80 Å². The summed E-state index contributed by atoms with van der Waals surface area (Å²) >= 11 is 1.17. The molecule has 0 atom stereocenters. The van der Waals surface area contributed by atoms with E-state index in [1.54, 1.807) is 36.8 Å². The molecule has 0 unspecified atom stereocenters. The predicted octanol–water partition coefficient (Wildman–Crippen LogP) is 3.55. The Balaban J connectivity index is 2.10. The smallest absolute Gasteiger partial charge is 0.338 e. The summed E-state index contributed by atoms with van der Waals surface area (Å²) < 4.78 is 39.6. The Morgan fingerprint density at radius 2 is 1.97 bits per heavy atom. The second-order valence-corrected chi connectivity index (χ2v) is 6.98. The molecule has 3 rings (SSSR count). The van der Waals surface area contributed by atoms with E-state index < -0.39 is 23.5 Å². The van der Waals surface area contributed by atoms with Crippen LogP contribution in [0.4, 0.5) is 8.78 Å². The maximum Gasteiger partial charge on any atom is 0.338 e. The summed E-state index contributed by atoms with van der Waals surface area (Å²) in [5, 5.41) is 0. The van der Waals surface area contributed by atoms with Crippen molar-refractivity contribution in [2.45, 2.75) is 13.5 Å². The number of methoxy groups -OCH3 is 1. The lowest BCUT2D eigenvalue weighted by molar-refractivity contribution is 0.0526. The number of ether oxygens (including phenoxy) is 2. The van der Waals surface area contributed by atoms with Gasteiger partial charge in [0.25, 0.3) is 5.91 Å². The zero-order valence-electron chi connectivity index (χ0n) is 15.8. The summed E-state index contributed by atoms with van der Waals surface area (Å²) in [6.45, 7) is 2.73. The van der Waals surface area contributed by atoms with Crippen LogP contribution in [0.5, 0.6) is 0 Å². The first-order chi connectivity index (χ1) is 13.9. The molecular weight excluding hydrogens is 402 g/mol. The van der Waals surface area contributed by atoms with E-state index in [-0.39, 0.29) is 12.2 Å². The average molecular weight is 420 g/mol. The average Bonchev–Trinajstić information content (AvgIpc) is 3.02. The van der Waals surface area contributed by atoms with E-state index in [1.807, 2.05) is 0 Å². The molecule has 0 saturated carbocycles. The third-order valence-electron chi connectivity index (χ3n) is 4.07. The predicted molar refractivity (Wildman–Crippen MR) is 104 cm³/mol. The van der Waals surface area contributed by atoms with Crippen LogP contribution in [0.1, 0.15) is 27.6 Å². The Hall–Kier alpha value is -2.91. The molecule has 6 nitrogen and oxygen atoms in total. The van der Waals surface area contributed by atoms with Crippen LogP contribution in [0.25, 0.3) is 10.2 Å². The van der Waals surface area contributed by atoms with Gasteiger partial charge in [0.05, 0.1) is 34.6 Å². The van der Waals surface area contributed by atoms with Crippen LogP contribution < -0.4 is 4.80 Å². The summed E-state index contributed by atoms with van der Waals surface area (Å²) in [7, 11) is 1.55. The lowest BCUT2D eigenvalue weighted by Gasteiger charge is -2.05. The Morgan fingerprint density at radius 3 is 2.66 bits per heavy atom. The van der Waals surface area contributed by atoms with Crippen LogP contribution in [0.3, 0.4) is 0 Å². The lowest BCUT2D eigenvalue weighted by Crippen LogP contribution is -2.19. The van der Waals surface area contributed by atoms with E-state index in [1.165, 1.54) is 11.3 Å². The molecule has 2 aromatic carbocycles. The first kappa shape index (κ1) is 20.8. The molecule has 3 aromatic rings. The first-order valence-corrected chi connectivity index (χ1v) is 9.59. The molecule has 1 heterocycles. The molecule has 0 radical (unpaired) electrons. The summed E-state index contributed by atoms with van der Waals surface area (Å²) in [5.41, 5.74) is 0.794. The summed E-state index contributed by atoms with van der Waals surface area (Å²) in [5.74, 6) is -3.03. The number of hydrogen-bond donors (Lipinski definition) is 0. The number of carbonyl (C=O) groups is 2. The molecular formula is C20H18F2N2O4S. The van der Waals surface area contributed by atoms with Gasteiger partial charge in [0.1, 0.15) is 11.6 Å². The number of benzene rings is 2. The van der Waals surface area contributed by atoms with Crippen LogP contribution in [0.2, 0.25) is 0 Å². The minimum Gasteiger partial charge on any atom is -0.462 e. The SMILES string of the molecule is CCOC(=O)c1ccc2c(c1)sc(=NC(=O)c1ccc(F)cc1F)n2CCOC. The van der Waals surface area contributed by atoms with Crippen LogP contribution in [-0.2, 0) is 16.0 Å². The van der Waals surface area contributed by atoms with Crippen molar-refractivity contribution in [3.63, 3.8) is 0 Å². The molecule has 29 heavy (non-hydrogen) atoms. The van der Waals surface area contributed by atoms with Crippen LogP contribution in [0.15, 0.2) is 41.4 Å². The highest BCUT2D eigenvalue weighted by atomic mass is 32.1. The van der Waals surface area contributed by atoms with Gasteiger partial charge in [0.2, 0.25) is 0 Å². The molecule has 152 valence electrons. The van der Waals surface area contributed by atoms with Crippen molar-refractivity contribution in [1.29, 1.82) is 0 Å². The van der Waals surface area contributed by atoms with Crippen molar-refractivity contribution in [3.8, 4) is 0 Å². The third-order valence-corrected chi connectivity index (χ3v) is 5.11. The summed E-state index contributed by atoms with van der Waals surface area (Å²) in [4.78, 5) is 28.8. The number of nitrogens with zero attached hydrogens (tertiary/aromatic N) is 2. The number of rotatable bonds is 6. The molecule has 0 bridgehead atoms. The Bertz CT molecular complexity index is 1140. The van der Waals surface area contributed by atoms with E-state index in [9.17, 15) is 18.4 Å². The first-order valence-electron chi connectivity index (χ1n) is 8.78. The van der Waals surface area contributed by atoms with Crippen molar-refractivity contribution in [2.75, 3.05) is 20.3 Å². The van der Waals surface area contributed by atoms with Crippen molar-refractivity contribution in [2.24, 2.45) is 4.99 Å². The Kier molecular flexibility index (Phi) is 6.50. The van der Waals surface area contributed by atoms with Gasteiger partial charge in [-0.15, -0.1) is 0 Å². The fourth-order valence-electron chi connectivity index (χ4n) is 2.71. The normalized spacial score (nSPS) is 11.8. The van der Waals surface area contributed by atoms with Gasteiger partial charge >= 0.3 is 5.97 Å². The molecule has 0 aliphatic carbocycles. The number of halogens is 2. The van der Waals surface area contributed by atoms with Crippen LogP contribution >= 0.6 is 11.3 Å². The molecule has 0 aliphatic heterocycles. The minimum absolute atomic E-state index is 0.257. The monoisotopic (exact) mass is 420 g/mol. The number of fused-ring (bicyclic) bond motifs is 1. The van der Waals surface area contributed by atoms with Gasteiger partial charge in [0, 0.05) is 19.7 Å². The largest absolute Gasteiger partial charge is 0.462 e. The number of carbonyl (C=O) groups excluding carboxylic acids is 2. The molecule has 0 saturated heterocycles. The number of hydrogen-bond acceptors (Lipinski definition) is 5. The van der Waals surface area contributed by atoms with Gasteiger partial charge in [-0.2, -0.15) is 4.99 Å². The Morgan fingerprint density at radius 1 is 1.17 bits per heavy atom. The highest BCUT2D eigenvalue weighted by molar-refractivity contribution is 7.16. The molecule has 0 fully saturated rings. The molecule has 0 N–H and O–H groups in total. The number of amides is 1. The van der Waals surface area contributed by atoms with Crippen LogP contribution in [0, 0.1) is 11.6 Å². The molecule has 1 aromatic heterocycles. The highest BCUT2D eigenvalue weighted by Gasteiger charge is 2.15. The highest BCUT2D eigenvalue weighted by Crippen LogP contribution is 2.20. The van der Waals surface area contributed by atoms with E-state index in [2.05, 4.69) is 4.99 Å². The quantitative estimate of drug-likeness (QED) is 0.572. The van der Waals surface area contributed by atoms with Gasteiger partial charge in [-0.1, -0.05) is 11.3 Å². The van der Waals surface area contributed by atoms with Gasteiger partial charge < -0.3 is 14.0 Å². The molecule has 9 heteroatoms. The second kappa shape index (κ2) is 9.06. The maximum absolute atomic E-state index is 13.9. The van der Waals surface area contributed by atoms with E-state index in [4.69, 9.17) is 9.47 Å². The molecule has 0 aliphatic rings. The van der Waals surface area contributed by atoms with E-state index in [0.717, 1.165) is 17.6 Å². The number of thiazole rings is 1. The van der Waals surface area contributed by atoms with Gasteiger partial charge in [-0.25, -0.2) is 13.6 Å². The van der Waals surface area contributed by atoms with Crippen molar-refractivity contribution in [1.82, 2.24) is 4.57 Å². The second-order valence-electron chi connectivity index (χ2n) is 5.97. The summed E-state index contributed by atoms with van der Waals surface area (Å²) in [6, 6.07) is 7.71. The Labute approximate surface area is 169 Å². The van der Waals surface area contributed by atoms with Crippen LogP contribution in [-0.4, -0.2) is 36.8 Å². The summed E-state index contributed by atoms with van der Waals surface area (Å²) in [6.07, 6.45) is 0. The fraction of sp³-hybridized carbons (Fsp3) is 0.250. The standard InChI is InChI=1S/C20H18F2N2O4S/c1-3-28-19(26)12-4-7-16-17(10-12)29-20(24(16)8-9-27-2)23-18(25)14-6-5-13(21)11-15(14)22/h4-7,10-11H,3,8-9H2,1-2H3. The number of aromatic nitrogens is 1. The van der Waals surface area contributed by atoms with E-state index >= 15 is 0 Å². The zero-order valence-corrected chi connectivity index (χ0v) is 16.6. The lowest BCUT2D eigenvalue weighted by atomic mass is 10.2. The van der Waals surface area contributed by atoms with Crippen molar-refractivity contribution >= 4 is 33.4 Å². The minimum atomic E-state index is -0.979. The molecule has 0 spiro atoms. The molecule has 1 amide bonds. The zero-order chi connectivity index (χ0) is 21.0. The third kappa shape index (κ3) is 4.57. The maximum atomic E-state index is 13.9. The fourth-order valence-corrected chi connectivity index (χ4v) is 3.80. The number of esters is 1. The van der Waals surface area contributed by atoms with Gasteiger partial charge in [-0.05, 0) is 37.3 Å². The van der Waals surface area contributed by atoms with Crippen molar-refractivity contribution < 1.29 is 27.8 Å².